The lowest BCUT2D eigenvalue weighted by atomic mass is 10.0. The fourth-order valence-electron chi connectivity index (χ4n) is 3.66. The smallest absolute Gasteiger partial charge is 0.329 e. The number of hydrogen-bond donors (Lipinski definition) is 1. The molecule has 0 aromatic rings. The number of hydrogen-bond acceptors (Lipinski definition) is 4. The Morgan fingerprint density at radius 3 is 1.48 bits per heavy atom. The molecular formula is C26H57NO4PS+. The standard InChI is InChI=1S/C26H56NO4PS/c1-5-6-7-8-9-10-11-12-13-14-15-16-17-18-19-20-25-33-26-21-23-30-32(28,29)31-24-22-27(2,3)4/h5-26H2,1-4H3/p+1. The maximum absolute atomic E-state index is 11.8. The highest BCUT2D eigenvalue weighted by Crippen LogP contribution is 2.43. The zero-order valence-electron chi connectivity index (χ0n) is 22.5. The average Bonchev–Trinajstić information content (AvgIpc) is 2.73. The molecule has 0 aliphatic heterocycles. The van der Waals surface area contributed by atoms with Crippen LogP contribution in [-0.2, 0) is 13.6 Å². The minimum Gasteiger partial charge on any atom is -0.329 e. The predicted octanol–water partition coefficient (Wildman–Crippen LogP) is 8.21. The minimum atomic E-state index is -3.89. The lowest BCUT2D eigenvalue weighted by molar-refractivity contribution is -0.870. The predicted molar refractivity (Wildman–Crippen MR) is 146 cm³/mol. The van der Waals surface area contributed by atoms with Crippen LogP contribution in [0.1, 0.15) is 116 Å². The molecule has 0 aliphatic carbocycles. The molecule has 200 valence electrons. The summed E-state index contributed by atoms with van der Waals surface area (Å²) in [6.45, 7) is 3.46. The molecule has 7 heteroatoms. The highest BCUT2D eigenvalue weighted by molar-refractivity contribution is 7.99. The monoisotopic (exact) mass is 510 g/mol. The van der Waals surface area contributed by atoms with E-state index < -0.39 is 7.82 Å². The van der Waals surface area contributed by atoms with Crippen molar-refractivity contribution in [2.45, 2.75) is 116 Å². The largest absolute Gasteiger partial charge is 0.472 e. The molecule has 0 bridgehead atoms. The lowest BCUT2D eigenvalue weighted by Gasteiger charge is -2.24. The number of rotatable bonds is 26. The molecule has 0 radical (unpaired) electrons. The summed E-state index contributed by atoms with van der Waals surface area (Å²) in [6.07, 6.45) is 23.2. The Bertz CT molecular complexity index is 460. The summed E-state index contributed by atoms with van der Waals surface area (Å²) in [7, 11) is 2.16. The number of unbranched alkanes of at least 4 members (excludes halogenated alkanes) is 15. The summed E-state index contributed by atoms with van der Waals surface area (Å²) in [5, 5.41) is 0. The van der Waals surface area contributed by atoms with E-state index in [1.165, 1.54) is 108 Å². The van der Waals surface area contributed by atoms with Gasteiger partial charge in [0.2, 0.25) is 0 Å². The van der Waals surface area contributed by atoms with Crippen LogP contribution in [0.5, 0.6) is 0 Å². The van der Waals surface area contributed by atoms with Gasteiger partial charge < -0.3 is 9.38 Å². The molecule has 5 nitrogen and oxygen atoms in total. The van der Waals surface area contributed by atoms with E-state index in [-0.39, 0.29) is 13.2 Å². The van der Waals surface area contributed by atoms with E-state index in [1.54, 1.807) is 0 Å². The van der Waals surface area contributed by atoms with Crippen LogP contribution in [-0.4, -0.2) is 61.8 Å². The number of quaternary nitrogens is 1. The van der Waals surface area contributed by atoms with Crippen molar-refractivity contribution in [3.63, 3.8) is 0 Å². The molecule has 1 N–H and O–H groups in total. The van der Waals surface area contributed by atoms with Crippen molar-refractivity contribution in [2.75, 3.05) is 52.4 Å². The molecule has 0 fully saturated rings. The van der Waals surface area contributed by atoms with E-state index in [0.717, 1.165) is 12.2 Å². The number of phosphoric ester groups is 1. The molecule has 0 saturated carbocycles. The van der Waals surface area contributed by atoms with Gasteiger partial charge in [0.05, 0.1) is 27.7 Å². The van der Waals surface area contributed by atoms with E-state index in [0.29, 0.717) is 11.0 Å². The van der Waals surface area contributed by atoms with Crippen LogP contribution in [0.25, 0.3) is 0 Å². The highest BCUT2D eigenvalue weighted by atomic mass is 32.2. The van der Waals surface area contributed by atoms with E-state index in [2.05, 4.69) is 6.92 Å². The van der Waals surface area contributed by atoms with E-state index in [1.807, 2.05) is 32.9 Å². The van der Waals surface area contributed by atoms with Gasteiger partial charge in [-0.1, -0.05) is 103 Å². The molecule has 33 heavy (non-hydrogen) atoms. The van der Waals surface area contributed by atoms with Crippen LogP contribution in [0.4, 0.5) is 0 Å². The Hall–Kier alpha value is 0.420. The third-order valence-corrected chi connectivity index (χ3v) is 8.02. The molecule has 0 spiro atoms. The second kappa shape index (κ2) is 22.9. The molecule has 0 amide bonds. The van der Waals surface area contributed by atoms with Crippen LogP contribution in [0.3, 0.4) is 0 Å². The summed E-state index contributed by atoms with van der Waals surface area (Å²) < 4.78 is 22.6. The highest BCUT2D eigenvalue weighted by Gasteiger charge is 2.21. The van der Waals surface area contributed by atoms with Gasteiger partial charge in [-0.2, -0.15) is 11.8 Å². The van der Waals surface area contributed by atoms with Crippen molar-refractivity contribution < 1.29 is 23.0 Å². The molecule has 1 atom stereocenters. The summed E-state index contributed by atoms with van der Waals surface area (Å²) in [5.74, 6) is 2.15. The van der Waals surface area contributed by atoms with Crippen LogP contribution in [0.2, 0.25) is 0 Å². The lowest BCUT2D eigenvalue weighted by Crippen LogP contribution is -2.37. The number of nitrogens with zero attached hydrogens (tertiary/aromatic N) is 1. The van der Waals surface area contributed by atoms with E-state index >= 15 is 0 Å². The normalized spacial score (nSPS) is 14.0. The van der Waals surface area contributed by atoms with Crippen molar-refractivity contribution in [3.8, 4) is 0 Å². The number of thioether (sulfide) groups is 1. The van der Waals surface area contributed by atoms with Gasteiger partial charge in [-0.05, 0) is 24.3 Å². The fraction of sp³-hybridized carbons (Fsp3) is 1.00. The van der Waals surface area contributed by atoms with Crippen LogP contribution in [0, 0.1) is 0 Å². The van der Waals surface area contributed by atoms with Gasteiger partial charge in [-0.25, -0.2) is 4.57 Å². The van der Waals surface area contributed by atoms with E-state index in [9.17, 15) is 9.46 Å². The SMILES string of the molecule is CCCCCCCCCCCCCCCCCCSCCCOP(=O)(O)OCC[N+](C)(C)C. The molecule has 0 rings (SSSR count). The van der Waals surface area contributed by atoms with Gasteiger partial charge in [0.1, 0.15) is 13.2 Å². The van der Waals surface area contributed by atoms with Gasteiger partial charge >= 0.3 is 7.82 Å². The Balaban J connectivity index is 3.23. The Morgan fingerprint density at radius 1 is 0.636 bits per heavy atom. The molecule has 0 aromatic carbocycles. The topological polar surface area (TPSA) is 55.8 Å². The van der Waals surface area contributed by atoms with Crippen LogP contribution < -0.4 is 0 Å². The van der Waals surface area contributed by atoms with Crippen molar-refractivity contribution in [2.24, 2.45) is 0 Å². The van der Waals surface area contributed by atoms with Crippen LogP contribution >= 0.6 is 19.6 Å². The van der Waals surface area contributed by atoms with Crippen molar-refractivity contribution in [1.82, 2.24) is 0 Å². The summed E-state index contributed by atoms with van der Waals surface area (Å²) in [5.41, 5.74) is 0. The zero-order chi connectivity index (χ0) is 24.7. The van der Waals surface area contributed by atoms with Gasteiger partial charge in [0, 0.05) is 0 Å². The van der Waals surface area contributed by atoms with Crippen LogP contribution in [0.15, 0.2) is 0 Å². The Morgan fingerprint density at radius 2 is 1.03 bits per heavy atom. The van der Waals surface area contributed by atoms with Gasteiger partial charge in [0.25, 0.3) is 0 Å². The van der Waals surface area contributed by atoms with Crippen molar-refractivity contribution in [1.29, 1.82) is 0 Å². The Kier molecular flexibility index (Phi) is 23.1. The van der Waals surface area contributed by atoms with Gasteiger partial charge in [0.15, 0.2) is 0 Å². The summed E-state index contributed by atoms with van der Waals surface area (Å²) in [4.78, 5) is 9.67. The minimum absolute atomic E-state index is 0.227. The van der Waals surface area contributed by atoms with Crippen molar-refractivity contribution in [3.05, 3.63) is 0 Å². The summed E-state index contributed by atoms with van der Waals surface area (Å²) >= 11 is 1.92. The first-order chi connectivity index (χ1) is 15.8. The third kappa shape index (κ3) is 28.5. The molecule has 1 unspecified atom stereocenters. The first-order valence-corrected chi connectivity index (χ1v) is 16.4. The third-order valence-electron chi connectivity index (χ3n) is 5.85. The summed E-state index contributed by atoms with van der Waals surface area (Å²) in [6, 6.07) is 0. The van der Waals surface area contributed by atoms with E-state index in [4.69, 9.17) is 9.05 Å². The quantitative estimate of drug-likeness (QED) is 0.0722. The maximum Gasteiger partial charge on any atom is 0.472 e. The fourth-order valence-corrected chi connectivity index (χ4v) is 5.34. The second-order valence-corrected chi connectivity index (χ2v) is 13.1. The first kappa shape index (κ1) is 33.4. The molecule has 0 heterocycles. The van der Waals surface area contributed by atoms with Crippen molar-refractivity contribution >= 4 is 19.6 Å². The first-order valence-electron chi connectivity index (χ1n) is 13.8. The number of likely N-dealkylation sites (N-methyl/N-ethyl adjacent to an activating group) is 1. The zero-order valence-corrected chi connectivity index (χ0v) is 24.2. The molecule has 0 aromatic heterocycles. The average molecular weight is 511 g/mol. The molecule has 0 saturated heterocycles. The molecular weight excluding hydrogens is 453 g/mol. The number of phosphoric acid groups is 1. The van der Waals surface area contributed by atoms with Gasteiger partial charge in [-0.3, -0.25) is 9.05 Å². The molecule has 0 aliphatic rings. The maximum atomic E-state index is 11.8. The van der Waals surface area contributed by atoms with Gasteiger partial charge in [-0.15, -0.1) is 0 Å². The second-order valence-electron chi connectivity index (χ2n) is 10.4. The Labute approximate surface area is 211 Å².